The van der Waals surface area contributed by atoms with Gasteiger partial charge in [0.1, 0.15) is 11.8 Å². The van der Waals surface area contributed by atoms with E-state index in [9.17, 15) is 4.79 Å². The molecule has 0 bridgehead atoms. The number of methoxy groups -OCH3 is 1. The molecule has 0 spiro atoms. The third kappa shape index (κ3) is 2.80. The van der Waals surface area contributed by atoms with E-state index in [1.54, 1.807) is 26.7 Å². The molecule has 6 nitrogen and oxygen atoms in total. The number of nitrogens with one attached hydrogen (secondary N) is 1. The Labute approximate surface area is 117 Å². The van der Waals surface area contributed by atoms with Gasteiger partial charge in [-0.05, 0) is 19.2 Å². The summed E-state index contributed by atoms with van der Waals surface area (Å²) in [5, 5.41) is 11.9. The van der Waals surface area contributed by atoms with E-state index in [1.807, 2.05) is 28.8 Å². The Balaban J connectivity index is 2.35. The molecule has 1 heterocycles. The molecule has 2 N–H and O–H groups in total. The second-order valence-corrected chi connectivity index (χ2v) is 4.31. The molecule has 0 radical (unpaired) electrons. The summed E-state index contributed by atoms with van der Waals surface area (Å²) in [7, 11) is 3.23. The Morgan fingerprint density at radius 1 is 1.50 bits per heavy atom. The van der Waals surface area contributed by atoms with Gasteiger partial charge in [-0.15, -0.1) is 0 Å². The van der Waals surface area contributed by atoms with Gasteiger partial charge in [-0.25, -0.2) is 4.98 Å². The van der Waals surface area contributed by atoms with Crippen molar-refractivity contribution in [1.29, 1.82) is 0 Å². The minimum atomic E-state index is -0.889. The molecule has 0 saturated carbocycles. The Kier molecular flexibility index (Phi) is 4.37. The van der Waals surface area contributed by atoms with Gasteiger partial charge in [0.15, 0.2) is 0 Å². The van der Waals surface area contributed by atoms with E-state index in [0.717, 1.165) is 11.4 Å². The number of nitrogens with zero attached hydrogens (tertiary/aromatic N) is 2. The average Bonchev–Trinajstić information content (AvgIpc) is 2.92. The number of para-hydroxylation sites is 2. The molecule has 1 atom stereocenters. The van der Waals surface area contributed by atoms with Crippen LogP contribution in [0.5, 0.6) is 5.75 Å². The second kappa shape index (κ2) is 6.21. The number of aromatic nitrogens is 2. The van der Waals surface area contributed by atoms with Crippen molar-refractivity contribution in [3.05, 3.63) is 42.5 Å². The van der Waals surface area contributed by atoms with Crippen LogP contribution >= 0.6 is 0 Å². The molecular formula is C14H17N3O3. The largest absolute Gasteiger partial charge is 0.495 e. The van der Waals surface area contributed by atoms with Gasteiger partial charge < -0.3 is 15.2 Å². The summed E-state index contributed by atoms with van der Waals surface area (Å²) in [5.74, 6) is -0.177. The maximum atomic E-state index is 11.1. The molecule has 1 aromatic heterocycles. The number of ether oxygens (including phenoxy) is 1. The van der Waals surface area contributed by atoms with Crippen LogP contribution in [0.25, 0.3) is 5.69 Å². The van der Waals surface area contributed by atoms with Crippen LogP contribution in [-0.4, -0.2) is 40.8 Å². The fourth-order valence-electron chi connectivity index (χ4n) is 2.04. The molecule has 20 heavy (non-hydrogen) atoms. The van der Waals surface area contributed by atoms with Gasteiger partial charge in [-0.2, -0.15) is 0 Å². The highest BCUT2D eigenvalue weighted by atomic mass is 16.5. The van der Waals surface area contributed by atoms with Crippen LogP contribution in [0.1, 0.15) is 5.69 Å². The van der Waals surface area contributed by atoms with E-state index in [2.05, 4.69) is 10.3 Å². The summed E-state index contributed by atoms with van der Waals surface area (Å²) in [5.41, 5.74) is 1.64. The lowest BCUT2D eigenvalue weighted by Gasteiger charge is -2.15. The number of likely N-dealkylation sites (N-methyl/N-ethyl adjacent to an activating group) is 1. The van der Waals surface area contributed by atoms with Crippen molar-refractivity contribution in [3.8, 4) is 11.4 Å². The predicted octanol–water partition coefficient (Wildman–Crippen LogP) is 1.10. The van der Waals surface area contributed by atoms with Crippen molar-refractivity contribution in [1.82, 2.24) is 14.9 Å². The van der Waals surface area contributed by atoms with Crippen LogP contribution in [0, 0.1) is 0 Å². The summed E-state index contributed by atoms with van der Waals surface area (Å²) in [6.07, 6.45) is 3.66. The number of benzene rings is 1. The van der Waals surface area contributed by atoms with Gasteiger partial charge >= 0.3 is 5.97 Å². The van der Waals surface area contributed by atoms with Crippen LogP contribution in [0.4, 0.5) is 0 Å². The van der Waals surface area contributed by atoms with Crippen molar-refractivity contribution in [2.24, 2.45) is 0 Å². The molecule has 106 valence electrons. The standard InChI is InChI=1S/C14H17N3O3/c1-15-11(14(18)19)7-10-8-16-9-17(10)12-5-3-4-6-13(12)20-2/h3-6,8-9,11,15H,7H2,1-2H3,(H,18,19)/t11-/m0/s1. The maximum Gasteiger partial charge on any atom is 0.321 e. The number of imidazole rings is 1. The molecule has 2 rings (SSSR count). The number of aliphatic carboxylic acids is 1. The third-order valence-electron chi connectivity index (χ3n) is 3.12. The van der Waals surface area contributed by atoms with Gasteiger partial charge in [0.05, 0.1) is 19.1 Å². The lowest BCUT2D eigenvalue weighted by Crippen LogP contribution is -2.36. The number of hydrogen-bond acceptors (Lipinski definition) is 4. The topological polar surface area (TPSA) is 76.4 Å². The van der Waals surface area contributed by atoms with Gasteiger partial charge in [0.25, 0.3) is 0 Å². The first-order chi connectivity index (χ1) is 9.67. The van der Waals surface area contributed by atoms with E-state index in [4.69, 9.17) is 9.84 Å². The number of carboxylic acid groups (broad SMARTS) is 1. The first-order valence-electron chi connectivity index (χ1n) is 6.22. The smallest absolute Gasteiger partial charge is 0.321 e. The Bertz CT molecular complexity index is 595. The average molecular weight is 275 g/mol. The van der Waals surface area contributed by atoms with Gasteiger partial charge in [-0.1, -0.05) is 12.1 Å². The van der Waals surface area contributed by atoms with Gasteiger partial charge in [0, 0.05) is 18.3 Å². The zero-order chi connectivity index (χ0) is 14.5. The van der Waals surface area contributed by atoms with E-state index in [1.165, 1.54) is 0 Å². The number of carboxylic acids is 1. The van der Waals surface area contributed by atoms with Crippen LogP contribution in [0.3, 0.4) is 0 Å². The third-order valence-corrected chi connectivity index (χ3v) is 3.12. The van der Waals surface area contributed by atoms with Gasteiger partial charge in [0.2, 0.25) is 0 Å². The molecule has 6 heteroatoms. The van der Waals surface area contributed by atoms with E-state index in [-0.39, 0.29) is 0 Å². The highest BCUT2D eigenvalue weighted by Gasteiger charge is 2.18. The number of rotatable bonds is 6. The monoisotopic (exact) mass is 275 g/mol. The molecule has 0 amide bonds. The lowest BCUT2D eigenvalue weighted by molar-refractivity contribution is -0.139. The fourth-order valence-corrected chi connectivity index (χ4v) is 2.04. The quantitative estimate of drug-likeness (QED) is 0.825. The fraction of sp³-hybridized carbons (Fsp3) is 0.286. The highest BCUT2D eigenvalue weighted by Crippen LogP contribution is 2.23. The van der Waals surface area contributed by atoms with Crippen molar-refractivity contribution < 1.29 is 14.6 Å². The van der Waals surface area contributed by atoms with Crippen LogP contribution in [-0.2, 0) is 11.2 Å². The van der Waals surface area contributed by atoms with E-state index < -0.39 is 12.0 Å². The summed E-state index contributed by atoms with van der Waals surface area (Å²) in [4.78, 5) is 15.2. The minimum Gasteiger partial charge on any atom is -0.495 e. The summed E-state index contributed by atoms with van der Waals surface area (Å²) in [6, 6.07) is 6.88. The number of hydrogen-bond donors (Lipinski definition) is 2. The minimum absolute atomic E-state index is 0.337. The molecule has 0 aliphatic heterocycles. The Hall–Kier alpha value is -2.34. The first-order valence-corrected chi connectivity index (χ1v) is 6.22. The predicted molar refractivity (Wildman–Crippen MR) is 74.3 cm³/mol. The van der Waals surface area contributed by atoms with Crippen LogP contribution in [0.15, 0.2) is 36.8 Å². The zero-order valence-corrected chi connectivity index (χ0v) is 11.4. The molecule has 1 aromatic carbocycles. The molecule has 0 aliphatic rings. The van der Waals surface area contributed by atoms with Crippen molar-refractivity contribution >= 4 is 5.97 Å². The first kappa shape index (κ1) is 14.1. The second-order valence-electron chi connectivity index (χ2n) is 4.31. The molecular weight excluding hydrogens is 258 g/mol. The van der Waals surface area contributed by atoms with Crippen molar-refractivity contribution in [3.63, 3.8) is 0 Å². The van der Waals surface area contributed by atoms with Crippen LogP contribution < -0.4 is 10.1 Å². The highest BCUT2D eigenvalue weighted by molar-refractivity contribution is 5.73. The summed E-state index contributed by atoms with van der Waals surface area (Å²) in [6.45, 7) is 0. The maximum absolute atomic E-state index is 11.1. The molecule has 2 aromatic rings. The van der Waals surface area contributed by atoms with Gasteiger partial charge in [-0.3, -0.25) is 9.36 Å². The zero-order valence-electron chi connectivity index (χ0n) is 11.4. The summed E-state index contributed by atoms with van der Waals surface area (Å²) >= 11 is 0. The Morgan fingerprint density at radius 2 is 2.25 bits per heavy atom. The molecule has 0 aliphatic carbocycles. The normalized spacial score (nSPS) is 12.1. The van der Waals surface area contributed by atoms with Crippen LogP contribution in [0.2, 0.25) is 0 Å². The summed E-state index contributed by atoms with van der Waals surface area (Å²) < 4.78 is 7.16. The number of carbonyl (C=O) groups is 1. The van der Waals surface area contributed by atoms with Crippen molar-refractivity contribution in [2.45, 2.75) is 12.5 Å². The Morgan fingerprint density at radius 3 is 2.90 bits per heavy atom. The molecule has 0 unspecified atom stereocenters. The molecule has 0 saturated heterocycles. The van der Waals surface area contributed by atoms with E-state index >= 15 is 0 Å². The lowest BCUT2D eigenvalue weighted by atomic mass is 10.1. The molecule has 0 fully saturated rings. The SMILES string of the molecule is CN[C@@H](Cc1cncn1-c1ccccc1OC)C(=O)O. The van der Waals surface area contributed by atoms with E-state index in [0.29, 0.717) is 12.2 Å². The van der Waals surface area contributed by atoms with Crippen molar-refractivity contribution in [2.75, 3.05) is 14.2 Å².